The quantitative estimate of drug-likeness (QED) is 0.530. The molecule has 0 fully saturated rings. The van der Waals surface area contributed by atoms with Gasteiger partial charge in [0.15, 0.2) is 11.5 Å². The van der Waals surface area contributed by atoms with E-state index in [9.17, 15) is 10.2 Å². The lowest BCUT2D eigenvalue weighted by molar-refractivity contribution is 0.408. The fraction of sp³-hybridized carbons (Fsp3) is 0. The summed E-state index contributed by atoms with van der Waals surface area (Å²) < 4.78 is 0. The van der Waals surface area contributed by atoms with Crippen molar-refractivity contribution in [2.45, 2.75) is 0 Å². The van der Waals surface area contributed by atoms with Gasteiger partial charge in [-0.25, -0.2) is 0 Å². The fourth-order valence-electron chi connectivity index (χ4n) is 1.53. The number of rotatable bonds is 1. The average molecular weight is 198 g/mol. The molecule has 0 radical (unpaired) electrons. The van der Waals surface area contributed by atoms with Gasteiger partial charge in [0.2, 0.25) is 0 Å². The molecule has 0 aliphatic rings. The molecule has 3 heteroatoms. The van der Waals surface area contributed by atoms with Gasteiger partial charge in [0.1, 0.15) is 7.85 Å². The highest BCUT2D eigenvalue weighted by molar-refractivity contribution is 6.34. The van der Waals surface area contributed by atoms with E-state index in [0.29, 0.717) is 11.0 Å². The summed E-state index contributed by atoms with van der Waals surface area (Å²) in [4.78, 5) is 0. The highest BCUT2D eigenvalue weighted by Crippen LogP contribution is 2.34. The highest BCUT2D eigenvalue weighted by Gasteiger charge is 2.09. The van der Waals surface area contributed by atoms with Gasteiger partial charge in [-0.3, -0.25) is 0 Å². The van der Waals surface area contributed by atoms with E-state index < -0.39 is 0 Å². The van der Waals surface area contributed by atoms with Crippen molar-refractivity contribution in [2.24, 2.45) is 0 Å². The Balaban J connectivity index is 2.60. The molecule has 0 aliphatic carbocycles. The van der Waals surface area contributed by atoms with Crippen LogP contribution in [0.4, 0.5) is 0 Å². The average Bonchev–Trinajstić information content (AvgIpc) is 2.27. The number of hydrogen-bond acceptors (Lipinski definition) is 2. The van der Waals surface area contributed by atoms with Crippen LogP contribution in [-0.2, 0) is 0 Å². The Hall–Kier alpha value is -1.90. The number of benzene rings is 2. The van der Waals surface area contributed by atoms with Crippen molar-refractivity contribution in [1.82, 2.24) is 0 Å². The van der Waals surface area contributed by atoms with Crippen molar-refractivity contribution in [3.8, 4) is 22.6 Å². The molecule has 2 nitrogen and oxygen atoms in total. The maximum Gasteiger partial charge on any atom is 0.164 e. The van der Waals surface area contributed by atoms with Crippen LogP contribution in [0.15, 0.2) is 42.5 Å². The van der Waals surface area contributed by atoms with Crippen LogP contribution in [-0.4, -0.2) is 18.1 Å². The van der Waals surface area contributed by atoms with Crippen LogP contribution in [0, 0.1) is 0 Å². The lowest BCUT2D eigenvalue weighted by Gasteiger charge is -2.08. The van der Waals surface area contributed by atoms with Crippen LogP contribution >= 0.6 is 0 Å². The van der Waals surface area contributed by atoms with E-state index in [1.165, 1.54) is 0 Å². The molecule has 2 rings (SSSR count). The number of hydrogen-bond donors (Lipinski definition) is 2. The number of phenols is 2. The molecular formula is C12H11BO2. The molecule has 0 unspecified atom stereocenters. The van der Waals surface area contributed by atoms with Crippen LogP contribution in [0.1, 0.15) is 0 Å². The second-order valence-corrected chi connectivity index (χ2v) is 3.49. The Kier molecular flexibility index (Phi) is 2.38. The zero-order valence-corrected chi connectivity index (χ0v) is 8.44. The Morgan fingerprint density at radius 2 is 1.47 bits per heavy atom. The SMILES string of the molecule is Bc1ccc(-c2ccccc2)c(O)c1O. The molecule has 2 N–H and O–H groups in total. The molecule has 0 amide bonds. The minimum atomic E-state index is -0.0544. The summed E-state index contributed by atoms with van der Waals surface area (Å²) in [5, 5.41) is 19.4. The number of aromatic hydroxyl groups is 2. The first-order valence-corrected chi connectivity index (χ1v) is 4.77. The summed E-state index contributed by atoms with van der Waals surface area (Å²) in [5.74, 6) is -0.0995. The van der Waals surface area contributed by atoms with E-state index in [1.807, 2.05) is 30.3 Å². The summed E-state index contributed by atoms with van der Waals surface area (Å²) in [7, 11) is 1.75. The van der Waals surface area contributed by atoms with Gasteiger partial charge in [-0.15, -0.1) is 0 Å². The summed E-state index contributed by atoms with van der Waals surface area (Å²) in [6, 6.07) is 13.1. The molecule has 15 heavy (non-hydrogen) atoms. The Morgan fingerprint density at radius 3 is 2.13 bits per heavy atom. The minimum absolute atomic E-state index is 0.0450. The Labute approximate surface area is 89.2 Å². The second kappa shape index (κ2) is 3.69. The third-order valence-electron chi connectivity index (χ3n) is 2.44. The van der Waals surface area contributed by atoms with Gasteiger partial charge in [-0.05, 0) is 11.0 Å². The summed E-state index contributed by atoms with van der Waals surface area (Å²) in [5.41, 5.74) is 2.22. The molecule has 0 spiro atoms. The monoisotopic (exact) mass is 198 g/mol. The molecule has 0 aromatic heterocycles. The standard InChI is InChI=1S/C12H11BO2/c13-10-7-6-9(11(14)12(10)15)8-4-2-1-3-5-8/h1-7,14-15H,13H2. The van der Waals surface area contributed by atoms with Gasteiger partial charge >= 0.3 is 0 Å². The normalized spacial score (nSPS) is 10.1. The van der Waals surface area contributed by atoms with Crippen molar-refractivity contribution in [1.29, 1.82) is 0 Å². The van der Waals surface area contributed by atoms with Crippen LogP contribution in [0.2, 0.25) is 0 Å². The molecule has 74 valence electrons. The van der Waals surface area contributed by atoms with E-state index in [1.54, 1.807) is 20.0 Å². The molecule has 0 saturated carbocycles. The zero-order valence-electron chi connectivity index (χ0n) is 8.44. The molecule has 0 atom stereocenters. The van der Waals surface area contributed by atoms with Crippen LogP contribution < -0.4 is 5.46 Å². The van der Waals surface area contributed by atoms with Gasteiger partial charge in [0, 0.05) is 5.56 Å². The predicted molar refractivity (Wildman–Crippen MR) is 63.4 cm³/mol. The van der Waals surface area contributed by atoms with Crippen LogP contribution in [0.5, 0.6) is 11.5 Å². The topological polar surface area (TPSA) is 40.5 Å². The zero-order chi connectivity index (χ0) is 10.8. The summed E-state index contributed by atoms with van der Waals surface area (Å²) in [6.07, 6.45) is 0. The largest absolute Gasteiger partial charge is 0.505 e. The van der Waals surface area contributed by atoms with E-state index in [-0.39, 0.29) is 11.5 Å². The molecule has 0 heterocycles. The van der Waals surface area contributed by atoms with E-state index in [0.717, 1.165) is 5.56 Å². The van der Waals surface area contributed by atoms with Crippen LogP contribution in [0.3, 0.4) is 0 Å². The van der Waals surface area contributed by atoms with Gasteiger partial charge in [-0.2, -0.15) is 0 Å². The van der Waals surface area contributed by atoms with Gasteiger partial charge in [0.05, 0.1) is 0 Å². The molecular weight excluding hydrogens is 187 g/mol. The van der Waals surface area contributed by atoms with Crippen molar-refractivity contribution < 1.29 is 10.2 Å². The van der Waals surface area contributed by atoms with Crippen molar-refractivity contribution in [3.05, 3.63) is 42.5 Å². The molecule has 2 aromatic carbocycles. The van der Waals surface area contributed by atoms with Gasteiger partial charge in [0.25, 0.3) is 0 Å². The van der Waals surface area contributed by atoms with Gasteiger partial charge in [-0.1, -0.05) is 42.5 Å². The second-order valence-electron chi connectivity index (χ2n) is 3.49. The Bertz CT molecular complexity index is 480. The first-order valence-electron chi connectivity index (χ1n) is 4.77. The van der Waals surface area contributed by atoms with Crippen molar-refractivity contribution in [3.63, 3.8) is 0 Å². The third-order valence-corrected chi connectivity index (χ3v) is 2.44. The third kappa shape index (κ3) is 1.68. The van der Waals surface area contributed by atoms with E-state index >= 15 is 0 Å². The van der Waals surface area contributed by atoms with Crippen molar-refractivity contribution in [2.75, 3.05) is 0 Å². The first-order chi connectivity index (χ1) is 7.20. The minimum Gasteiger partial charge on any atom is -0.505 e. The van der Waals surface area contributed by atoms with Gasteiger partial charge < -0.3 is 10.2 Å². The van der Waals surface area contributed by atoms with E-state index in [2.05, 4.69) is 0 Å². The predicted octanol–water partition coefficient (Wildman–Crippen LogP) is 1.02. The maximum atomic E-state index is 9.78. The fourth-order valence-corrected chi connectivity index (χ4v) is 1.53. The summed E-state index contributed by atoms with van der Waals surface area (Å²) >= 11 is 0. The summed E-state index contributed by atoms with van der Waals surface area (Å²) in [6.45, 7) is 0. The number of phenolic OH excluding ortho intramolecular Hbond substituents is 2. The van der Waals surface area contributed by atoms with Crippen molar-refractivity contribution >= 4 is 13.3 Å². The molecule has 0 bridgehead atoms. The molecule has 0 aliphatic heterocycles. The molecule has 2 aromatic rings. The lowest BCUT2D eigenvalue weighted by Crippen LogP contribution is -2.02. The Morgan fingerprint density at radius 1 is 0.800 bits per heavy atom. The highest BCUT2D eigenvalue weighted by atomic mass is 16.3. The smallest absolute Gasteiger partial charge is 0.164 e. The molecule has 0 saturated heterocycles. The lowest BCUT2D eigenvalue weighted by atomic mass is 9.91. The van der Waals surface area contributed by atoms with Crippen LogP contribution in [0.25, 0.3) is 11.1 Å². The maximum absolute atomic E-state index is 9.78. The van der Waals surface area contributed by atoms with E-state index in [4.69, 9.17) is 0 Å². The first kappa shape index (κ1) is 9.65.